The Kier molecular flexibility index (Phi) is 24.8. The molecule has 5 aliphatic heterocycles. The number of nitrogens with zero attached hydrogens (tertiary/aromatic N) is 11. The molecular formula is C48H74N12O10S3. The number of amidine groups is 1. The number of likely N-dealkylation sites (tertiary alicyclic amines) is 3. The zero-order valence-electron chi connectivity index (χ0n) is 43.8. The molecule has 0 spiro atoms. The van der Waals surface area contributed by atoms with E-state index in [9.17, 15) is 24.0 Å². The number of nitriles is 1. The lowest BCUT2D eigenvalue weighted by Crippen LogP contribution is -2.36. The van der Waals surface area contributed by atoms with E-state index in [0.29, 0.717) is 69.6 Å². The van der Waals surface area contributed by atoms with Gasteiger partial charge in [-0.2, -0.15) is 5.26 Å². The molecule has 8 rings (SSSR count). The van der Waals surface area contributed by atoms with Crippen LogP contribution in [0.4, 0.5) is 14.4 Å². The lowest BCUT2D eigenvalue weighted by Gasteiger charge is -2.24. The van der Waals surface area contributed by atoms with Crippen LogP contribution in [0.2, 0.25) is 0 Å². The Balaban J connectivity index is 0.000000241. The molecule has 4 fully saturated rings. The summed E-state index contributed by atoms with van der Waals surface area (Å²) < 4.78 is 27.6. The van der Waals surface area contributed by atoms with Crippen LogP contribution in [0.3, 0.4) is 0 Å². The average molecular weight is 1080 g/mol. The first kappa shape index (κ1) is 61.7. The van der Waals surface area contributed by atoms with Gasteiger partial charge in [-0.3, -0.25) is 18.7 Å². The first-order valence-corrected chi connectivity index (χ1v) is 26.1. The van der Waals surface area contributed by atoms with Crippen molar-refractivity contribution in [1.82, 2.24) is 33.8 Å². The van der Waals surface area contributed by atoms with Crippen molar-refractivity contribution in [2.75, 3.05) is 46.4 Å². The van der Waals surface area contributed by atoms with Gasteiger partial charge in [0.25, 0.3) is 0 Å². The summed E-state index contributed by atoms with van der Waals surface area (Å²) in [5, 5.41) is 28.1. The maximum atomic E-state index is 11.9. The summed E-state index contributed by atoms with van der Waals surface area (Å²) in [6.07, 6.45) is 17.9. The molecule has 6 aliphatic rings. The monoisotopic (exact) mass is 1070 g/mol. The molecule has 22 nitrogen and oxygen atoms in total. The van der Waals surface area contributed by atoms with Crippen LogP contribution < -0.4 is 5.73 Å². The number of hydrogen-bond donors (Lipinski definition) is 3. The summed E-state index contributed by atoms with van der Waals surface area (Å²) >= 11 is 7.31. The third-order valence-electron chi connectivity index (χ3n) is 11.2. The number of imidazole rings is 2. The van der Waals surface area contributed by atoms with Gasteiger partial charge in [0.2, 0.25) is 10.2 Å². The van der Waals surface area contributed by atoms with Crippen molar-refractivity contribution in [2.45, 2.75) is 137 Å². The second-order valence-electron chi connectivity index (χ2n) is 20.5. The number of aromatic nitrogens is 4. The summed E-state index contributed by atoms with van der Waals surface area (Å²) in [4.78, 5) is 69.8. The summed E-state index contributed by atoms with van der Waals surface area (Å²) in [6, 6.07) is 2.16. The van der Waals surface area contributed by atoms with Gasteiger partial charge in [0.15, 0.2) is 5.11 Å². The third kappa shape index (κ3) is 22.2. The lowest BCUT2D eigenvalue weighted by atomic mass is 10.00. The maximum Gasteiger partial charge on any atom is 0.410 e. The fraction of sp³-hybridized carbons (Fsp3) is 0.667. The molecule has 3 saturated heterocycles. The molecule has 0 bridgehead atoms. The molecule has 1 aliphatic carbocycles. The zero-order valence-corrected chi connectivity index (χ0v) is 46.2. The van der Waals surface area contributed by atoms with E-state index >= 15 is 0 Å². The fourth-order valence-electron chi connectivity index (χ4n) is 7.68. The fourth-order valence-corrected chi connectivity index (χ4v) is 9.18. The first-order chi connectivity index (χ1) is 34.3. The van der Waals surface area contributed by atoms with E-state index in [1.807, 2.05) is 62.3 Å². The van der Waals surface area contributed by atoms with Crippen LogP contribution in [-0.4, -0.2) is 158 Å². The zero-order chi connectivity index (χ0) is 54.5. The molecule has 3 amide bonds. The van der Waals surface area contributed by atoms with Crippen molar-refractivity contribution in [3.8, 4) is 6.07 Å². The molecular weight excluding hydrogens is 1000 g/mol. The van der Waals surface area contributed by atoms with E-state index in [4.69, 9.17) is 47.7 Å². The molecule has 1 saturated carbocycles. The highest BCUT2D eigenvalue weighted by atomic mass is 32.2. The van der Waals surface area contributed by atoms with Crippen LogP contribution in [-0.2, 0) is 23.8 Å². The van der Waals surface area contributed by atoms with Gasteiger partial charge in [0.05, 0.1) is 24.8 Å². The number of carbonyl (C=O) groups is 5. The van der Waals surface area contributed by atoms with Crippen molar-refractivity contribution < 1.29 is 48.5 Å². The number of aliphatic hydroxyl groups is 1. The molecule has 0 radical (unpaired) electrons. The molecule has 2 aromatic heterocycles. The second kappa shape index (κ2) is 29.3. The summed E-state index contributed by atoms with van der Waals surface area (Å²) in [5.41, 5.74) is 6.16. The largest absolute Gasteiger partial charge is 0.444 e. The molecule has 0 unspecified atom stereocenters. The number of ether oxygens (including phenoxy) is 3. The van der Waals surface area contributed by atoms with Gasteiger partial charge in [-0.15, -0.1) is 0 Å². The van der Waals surface area contributed by atoms with Crippen LogP contribution in [0.1, 0.15) is 120 Å². The summed E-state index contributed by atoms with van der Waals surface area (Å²) in [5.74, 6) is 0.941. The van der Waals surface area contributed by atoms with Gasteiger partial charge >= 0.3 is 18.3 Å². The predicted molar refractivity (Wildman–Crippen MR) is 284 cm³/mol. The van der Waals surface area contributed by atoms with Gasteiger partial charge < -0.3 is 45.0 Å². The Labute approximate surface area is 442 Å². The van der Waals surface area contributed by atoms with Gasteiger partial charge in [-0.1, -0.05) is 18.0 Å². The molecule has 25 heteroatoms. The van der Waals surface area contributed by atoms with Crippen molar-refractivity contribution in [3.05, 3.63) is 37.4 Å². The van der Waals surface area contributed by atoms with E-state index in [1.54, 1.807) is 61.3 Å². The number of nitrogens with two attached hydrogens (primary N) is 1. The first-order valence-electron chi connectivity index (χ1n) is 24.1. The molecule has 2 aromatic rings. The average Bonchev–Trinajstić information content (AvgIpc) is 4.17. The van der Waals surface area contributed by atoms with Crippen LogP contribution in [0.25, 0.3) is 0 Å². The Morgan fingerprint density at radius 2 is 1.12 bits per heavy atom. The Morgan fingerprint density at radius 3 is 1.51 bits per heavy atom. The molecule has 404 valence electrons. The molecule has 7 heterocycles. The van der Waals surface area contributed by atoms with Gasteiger partial charge in [0.1, 0.15) is 35.3 Å². The third-order valence-corrected chi connectivity index (χ3v) is 12.9. The highest BCUT2D eigenvalue weighted by Gasteiger charge is 2.35. The number of thiocarbonyl (C=S) groups is 1. The molecule has 3 atom stereocenters. The highest BCUT2D eigenvalue weighted by Crippen LogP contribution is 2.32. The minimum absolute atomic E-state index is 0.0254. The molecule has 0 aromatic carbocycles. The van der Waals surface area contributed by atoms with Crippen LogP contribution in [0, 0.1) is 35.0 Å². The standard InChI is InChI=1S/C12H18N2O3S.C10H19N3O3.C10H16N2O2.C8H11NOS.C7H6N4S.CH4O/c1-12(2,3)17-11(16)14-5-4-8(7-14)9-6-10(15)18-13-9;1-10(2,3)16-9(14)13-5-4-7(6-13)8(11)12-15;1-10(2,3)14-9(13)12-5-4-8(6-11)7-12;10-8-5-7(9-11-8)6-3-1-2-4-6;12-7(10-3-1-8-5-10)11-4-2-9-6-11;1-2/h8H,4-7H2,1-3H3;7,15H,4-6H2,1-3H3,(H2,11,12);8H,4-5,7H2,1-3H3;6H,1-5H2;1-6H;2H,1H3/t8-;7-;8-;;;/m110.../s1. The van der Waals surface area contributed by atoms with E-state index in [1.165, 1.54) is 25.7 Å². The van der Waals surface area contributed by atoms with E-state index in [2.05, 4.69) is 30.0 Å². The number of rotatable bonds is 3. The topological polar surface area (TPSA) is 286 Å². The predicted octanol–water partition coefficient (Wildman–Crippen LogP) is 7.59. The van der Waals surface area contributed by atoms with Crippen molar-refractivity contribution in [1.29, 1.82) is 5.26 Å². The lowest BCUT2D eigenvalue weighted by molar-refractivity contribution is -0.110. The Hall–Kier alpha value is -5.58. The van der Waals surface area contributed by atoms with E-state index in [-0.39, 0.29) is 52.1 Å². The van der Waals surface area contributed by atoms with Gasteiger partial charge in [-0.05, 0) is 113 Å². The minimum Gasteiger partial charge on any atom is -0.444 e. The second-order valence-corrected chi connectivity index (χ2v) is 22.5. The van der Waals surface area contributed by atoms with Crippen LogP contribution in [0.5, 0.6) is 0 Å². The van der Waals surface area contributed by atoms with Gasteiger partial charge in [0, 0.05) is 118 Å². The number of aliphatic hydroxyl groups excluding tert-OH is 1. The van der Waals surface area contributed by atoms with Gasteiger partial charge in [-0.25, -0.2) is 33.1 Å². The number of carbonyl (C=O) groups excluding carboxylic acids is 5. The Bertz CT molecular complexity index is 2220. The molecule has 4 N–H and O–H groups in total. The van der Waals surface area contributed by atoms with E-state index in [0.717, 1.165) is 55.3 Å². The quantitative estimate of drug-likeness (QED) is 0.0507. The number of oxime groups is 1. The van der Waals surface area contributed by atoms with Crippen molar-refractivity contribution in [2.24, 2.45) is 43.4 Å². The normalized spacial score (nSPS) is 20.8. The summed E-state index contributed by atoms with van der Waals surface area (Å²) in [6.45, 7) is 20.0. The smallest absolute Gasteiger partial charge is 0.410 e. The van der Waals surface area contributed by atoms with Crippen molar-refractivity contribution in [3.63, 3.8) is 0 Å². The minimum atomic E-state index is -0.494. The SMILES string of the molecule is CC(C)(C)OC(=O)N1CC[C@@H](/C(N)=N/O)C1.CC(C)(C)OC(=O)N1CC[C@@H](C#N)C1.CC(C)(C)OC(=O)N1CC[C@@H](C2=NSC(=O)C2)C1.CO.O=C1CC(C2CCCC2)=NS1.S=C(n1ccnc1)n1ccnc1. The summed E-state index contributed by atoms with van der Waals surface area (Å²) in [7, 11) is 1.00. The Morgan fingerprint density at radius 1 is 0.699 bits per heavy atom. The van der Waals surface area contributed by atoms with Crippen molar-refractivity contribution >= 4 is 87.0 Å². The molecule has 73 heavy (non-hydrogen) atoms. The van der Waals surface area contributed by atoms with Crippen LogP contribution in [0.15, 0.2) is 51.4 Å². The highest BCUT2D eigenvalue weighted by molar-refractivity contribution is 8.13. The van der Waals surface area contributed by atoms with E-state index < -0.39 is 16.8 Å². The number of amides is 3. The maximum absolute atomic E-state index is 11.9. The van der Waals surface area contributed by atoms with Crippen LogP contribution >= 0.6 is 36.1 Å². The number of hydrogen-bond acceptors (Lipinski definition) is 19.